The van der Waals surface area contributed by atoms with Crippen molar-refractivity contribution in [3.63, 3.8) is 0 Å². The number of methoxy groups -OCH3 is 1. The van der Waals surface area contributed by atoms with Crippen LogP contribution in [-0.2, 0) is 9.53 Å². The quantitative estimate of drug-likeness (QED) is 0.661. The second-order valence-corrected chi connectivity index (χ2v) is 3.19. The molecule has 0 aromatic carbocycles. The second kappa shape index (κ2) is 4.50. The number of amides is 1. The minimum atomic E-state index is -2.87. The van der Waals surface area contributed by atoms with Crippen LogP contribution in [-0.4, -0.2) is 44.0 Å². The molecule has 1 saturated heterocycles. The maximum absolute atomic E-state index is 12.0. The van der Waals surface area contributed by atoms with Gasteiger partial charge in [0.15, 0.2) is 0 Å². The zero-order chi connectivity index (χ0) is 9.84. The highest BCUT2D eigenvalue weighted by Crippen LogP contribution is 2.17. The normalized spacial score (nSPS) is 22.8. The van der Waals surface area contributed by atoms with Crippen molar-refractivity contribution in [3.05, 3.63) is 0 Å². The Kier molecular flexibility index (Phi) is 3.59. The molecule has 1 atom stereocenters. The first kappa shape index (κ1) is 10.4. The largest absolute Gasteiger partial charge is 0.384 e. The molecule has 1 fully saturated rings. The Morgan fingerprint density at radius 1 is 1.69 bits per heavy atom. The molecule has 1 rings (SSSR count). The predicted octanol–water partition coefficient (Wildman–Crippen LogP) is 0.746. The first-order chi connectivity index (χ1) is 6.15. The molecule has 0 aromatic heterocycles. The Morgan fingerprint density at radius 2 is 2.38 bits per heavy atom. The fourth-order valence-electron chi connectivity index (χ4n) is 1.54. The van der Waals surface area contributed by atoms with Gasteiger partial charge in [0.05, 0.1) is 6.61 Å². The fourth-order valence-corrected chi connectivity index (χ4v) is 1.54. The number of halogens is 2. The van der Waals surface area contributed by atoms with E-state index < -0.39 is 12.3 Å². The number of carbonyl (C=O) groups excluding carboxylic acids is 1. The van der Waals surface area contributed by atoms with E-state index in [4.69, 9.17) is 4.74 Å². The van der Waals surface area contributed by atoms with Gasteiger partial charge < -0.3 is 9.64 Å². The highest BCUT2D eigenvalue weighted by molar-refractivity contribution is 5.79. The van der Waals surface area contributed by atoms with Gasteiger partial charge in [-0.15, -0.1) is 0 Å². The summed E-state index contributed by atoms with van der Waals surface area (Å²) in [5.74, 6) is -0.841. The number of likely N-dealkylation sites (tertiary alicyclic amines) is 1. The van der Waals surface area contributed by atoms with E-state index in [0.29, 0.717) is 19.7 Å². The molecule has 1 aliphatic heterocycles. The molecule has 0 saturated carbocycles. The molecular formula is C8H13F2NO2. The summed E-state index contributed by atoms with van der Waals surface area (Å²) < 4.78 is 28.8. The molecule has 1 amide bonds. The Balaban J connectivity index is 2.36. The maximum atomic E-state index is 12.0. The van der Waals surface area contributed by atoms with E-state index >= 15 is 0 Å². The van der Waals surface area contributed by atoms with Gasteiger partial charge in [0.1, 0.15) is 0 Å². The molecule has 0 N–H and O–H groups in total. The van der Waals surface area contributed by atoms with Crippen LogP contribution in [0.1, 0.15) is 6.42 Å². The zero-order valence-electron chi connectivity index (χ0n) is 7.50. The molecule has 5 heteroatoms. The standard InChI is InChI=1S/C8H13F2NO2/c1-13-5-6-2-3-11(4-6)8(12)7(9)10/h6-7H,2-5H2,1H3. The topological polar surface area (TPSA) is 29.5 Å². The summed E-state index contributed by atoms with van der Waals surface area (Å²) in [5.41, 5.74) is 0. The molecule has 13 heavy (non-hydrogen) atoms. The van der Waals surface area contributed by atoms with E-state index in [1.54, 1.807) is 7.11 Å². The van der Waals surface area contributed by atoms with Crippen molar-refractivity contribution in [2.24, 2.45) is 5.92 Å². The van der Waals surface area contributed by atoms with Gasteiger partial charge in [0.2, 0.25) is 0 Å². The number of alkyl halides is 2. The first-order valence-corrected chi connectivity index (χ1v) is 4.21. The summed E-state index contributed by atoms with van der Waals surface area (Å²) in [4.78, 5) is 12.0. The van der Waals surface area contributed by atoms with Gasteiger partial charge in [-0.05, 0) is 6.42 Å². The lowest BCUT2D eigenvalue weighted by Gasteiger charge is -2.15. The SMILES string of the molecule is COCC1CCN(C(=O)C(F)F)C1. The third-order valence-corrected chi connectivity index (χ3v) is 2.19. The highest BCUT2D eigenvalue weighted by atomic mass is 19.3. The first-order valence-electron chi connectivity index (χ1n) is 4.21. The van der Waals surface area contributed by atoms with Crippen molar-refractivity contribution in [2.75, 3.05) is 26.8 Å². The van der Waals surface area contributed by atoms with Gasteiger partial charge in [-0.2, -0.15) is 8.78 Å². The summed E-state index contributed by atoms with van der Waals surface area (Å²) in [5, 5.41) is 0. The van der Waals surface area contributed by atoms with Crippen LogP contribution in [0.4, 0.5) is 8.78 Å². The molecule has 1 unspecified atom stereocenters. The van der Waals surface area contributed by atoms with E-state index in [1.807, 2.05) is 0 Å². The van der Waals surface area contributed by atoms with E-state index in [0.717, 1.165) is 6.42 Å². The molecule has 0 aromatic rings. The summed E-state index contributed by atoms with van der Waals surface area (Å²) in [6.07, 6.45) is -2.12. The zero-order valence-corrected chi connectivity index (χ0v) is 7.50. The lowest BCUT2D eigenvalue weighted by atomic mass is 10.1. The predicted molar refractivity (Wildman–Crippen MR) is 42.6 cm³/mol. The average Bonchev–Trinajstić information content (AvgIpc) is 2.52. The van der Waals surface area contributed by atoms with Crippen molar-refractivity contribution in [1.29, 1.82) is 0 Å². The highest BCUT2D eigenvalue weighted by Gasteiger charge is 2.30. The van der Waals surface area contributed by atoms with Gasteiger partial charge in [-0.3, -0.25) is 4.79 Å². The smallest absolute Gasteiger partial charge is 0.315 e. The number of ether oxygens (including phenoxy) is 1. The van der Waals surface area contributed by atoms with Crippen LogP contribution in [0.5, 0.6) is 0 Å². The van der Waals surface area contributed by atoms with Crippen LogP contribution in [0.2, 0.25) is 0 Å². The molecule has 76 valence electrons. The number of carbonyl (C=O) groups is 1. The summed E-state index contributed by atoms with van der Waals surface area (Å²) in [6.45, 7) is 1.36. The summed E-state index contributed by atoms with van der Waals surface area (Å²) in [6, 6.07) is 0. The molecule has 3 nitrogen and oxygen atoms in total. The van der Waals surface area contributed by atoms with Crippen LogP contribution in [0, 0.1) is 5.92 Å². The van der Waals surface area contributed by atoms with Crippen LogP contribution < -0.4 is 0 Å². The fraction of sp³-hybridized carbons (Fsp3) is 0.875. The van der Waals surface area contributed by atoms with E-state index in [-0.39, 0.29) is 5.92 Å². The minimum absolute atomic E-state index is 0.215. The van der Waals surface area contributed by atoms with Crippen LogP contribution in [0.3, 0.4) is 0 Å². The number of nitrogens with zero attached hydrogens (tertiary/aromatic N) is 1. The second-order valence-electron chi connectivity index (χ2n) is 3.19. The molecule has 0 bridgehead atoms. The Bertz CT molecular complexity index is 187. The van der Waals surface area contributed by atoms with E-state index in [2.05, 4.69) is 0 Å². The van der Waals surface area contributed by atoms with E-state index in [9.17, 15) is 13.6 Å². The Morgan fingerprint density at radius 3 is 2.92 bits per heavy atom. The van der Waals surface area contributed by atoms with Crippen molar-refractivity contribution in [1.82, 2.24) is 4.90 Å². The van der Waals surface area contributed by atoms with Crippen molar-refractivity contribution in [2.45, 2.75) is 12.8 Å². The van der Waals surface area contributed by atoms with Gasteiger partial charge in [0.25, 0.3) is 5.91 Å². The van der Waals surface area contributed by atoms with Crippen molar-refractivity contribution >= 4 is 5.91 Å². The lowest BCUT2D eigenvalue weighted by molar-refractivity contribution is -0.141. The summed E-state index contributed by atoms with van der Waals surface area (Å²) in [7, 11) is 1.57. The monoisotopic (exact) mass is 193 g/mol. The average molecular weight is 193 g/mol. The number of hydrogen-bond acceptors (Lipinski definition) is 2. The van der Waals surface area contributed by atoms with Crippen molar-refractivity contribution in [3.8, 4) is 0 Å². The lowest BCUT2D eigenvalue weighted by Crippen LogP contribution is -2.34. The minimum Gasteiger partial charge on any atom is -0.384 e. The summed E-state index contributed by atoms with van der Waals surface area (Å²) >= 11 is 0. The maximum Gasteiger partial charge on any atom is 0.315 e. The molecule has 1 aliphatic rings. The third kappa shape index (κ3) is 2.62. The number of hydrogen-bond donors (Lipinski definition) is 0. The van der Waals surface area contributed by atoms with Gasteiger partial charge in [-0.1, -0.05) is 0 Å². The third-order valence-electron chi connectivity index (χ3n) is 2.19. The number of rotatable bonds is 3. The molecule has 0 radical (unpaired) electrons. The Labute approximate surface area is 75.7 Å². The molecule has 1 heterocycles. The van der Waals surface area contributed by atoms with E-state index in [1.165, 1.54) is 4.90 Å². The molecule has 0 aliphatic carbocycles. The van der Waals surface area contributed by atoms with Gasteiger partial charge >= 0.3 is 6.43 Å². The molecular weight excluding hydrogens is 180 g/mol. The van der Waals surface area contributed by atoms with Crippen LogP contribution in [0.15, 0.2) is 0 Å². The van der Waals surface area contributed by atoms with Gasteiger partial charge in [-0.25, -0.2) is 0 Å². The van der Waals surface area contributed by atoms with Gasteiger partial charge in [0, 0.05) is 26.1 Å². The van der Waals surface area contributed by atoms with Crippen LogP contribution >= 0.6 is 0 Å². The molecule has 0 spiro atoms. The van der Waals surface area contributed by atoms with Crippen LogP contribution in [0.25, 0.3) is 0 Å². The van der Waals surface area contributed by atoms with Crippen molar-refractivity contribution < 1.29 is 18.3 Å². The Hall–Kier alpha value is -0.710.